The normalized spacial score (nSPS) is 10.8. The standard InChI is InChI=1S/C48H36N2/c1-5-16-37(17-6-1)40-20-13-27-46(34-40)49(43-23-9-3-10-24-43)45-32-30-39(31-33-45)42-22-15-29-48(36-42)50(44-25-11-4-12-26-44)47-28-14-21-41(35-47)38-18-7-2-8-19-38/h1-36H. The lowest BCUT2D eigenvalue weighted by atomic mass is 10.0. The molecule has 0 aliphatic rings. The number of nitrogens with zero attached hydrogens (tertiary/aromatic N) is 2. The van der Waals surface area contributed by atoms with E-state index in [2.05, 4.69) is 228 Å². The van der Waals surface area contributed by atoms with Gasteiger partial charge in [-0.15, -0.1) is 0 Å². The first kappa shape index (κ1) is 30.7. The minimum absolute atomic E-state index is 1.10. The Kier molecular flexibility index (Phi) is 8.73. The van der Waals surface area contributed by atoms with E-state index in [0.717, 1.165) is 45.3 Å². The van der Waals surface area contributed by atoms with Crippen LogP contribution < -0.4 is 9.80 Å². The van der Waals surface area contributed by atoms with Crippen LogP contribution in [0.25, 0.3) is 33.4 Å². The fourth-order valence-corrected chi connectivity index (χ4v) is 6.59. The fraction of sp³-hybridized carbons (Fsp3) is 0. The van der Waals surface area contributed by atoms with E-state index >= 15 is 0 Å². The lowest BCUT2D eigenvalue weighted by Crippen LogP contribution is -2.10. The van der Waals surface area contributed by atoms with Crippen LogP contribution in [0.1, 0.15) is 0 Å². The molecule has 0 saturated heterocycles. The zero-order valence-electron chi connectivity index (χ0n) is 27.7. The maximum atomic E-state index is 2.33. The van der Waals surface area contributed by atoms with Gasteiger partial charge in [0.25, 0.3) is 0 Å². The van der Waals surface area contributed by atoms with Crippen molar-refractivity contribution in [2.24, 2.45) is 0 Å². The third-order valence-corrected chi connectivity index (χ3v) is 9.01. The molecule has 8 aromatic carbocycles. The van der Waals surface area contributed by atoms with Crippen molar-refractivity contribution in [2.75, 3.05) is 9.80 Å². The SMILES string of the molecule is c1ccc(-c2cccc(N(c3ccccc3)c3ccc(-c4cccc(N(c5ccccc5)c5cccc(-c6ccccc6)c5)c4)cc3)c2)cc1. The number of para-hydroxylation sites is 2. The van der Waals surface area contributed by atoms with Crippen LogP contribution in [0.3, 0.4) is 0 Å². The topological polar surface area (TPSA) is 6.48 Å². The molecule has 0 aliphatic carbocycles. The van der Waals surface area contributed by atoms with Gasteiger partial charge in [-0.1, -0.05) is 146 Å². The van der Waals surface area contributed by atoms with Gasteiger partial charge in [0, 0.05) is 34.1 Å². The van der Waals surface area contributed by atoms with Gasteiger partial charge in [-0.05, 0) is 106 Å². The summed E-state index contributed by atoms with van der Waals surface area (Å²) in [5, 5.41) is 0. The lowest BCUT2D eigenvalue weighted by Gasteiger charge is -2.27. The van der Waals surface area contributed by atoms with Crippen LogP contribution in [0.5, 0.6) is 0 Å². The Morgan fingerprint density at radius 3 is 0.820 bits per heavy atom. The molecule has 0 spiro atoms. The molecule has 8 aromatic rings. The summed E-state index contributed by atoms with van der Waals surface area (Å²) < 4.78 is 0. The van der Waals surface area contributed by atoms with Crippen molar-refractivity contribution in [1.82, 2.24) is 0 Å². The first-order valence-electron chi connectivity index (χ1n) is 17.0. The van der Waals surface area contributed by atoms with Gasteiger partial charge in [0.05, 0.1) is 0 Å². The van der Waals surface area contributed by atoms with E-state index in [1.165, 1.54) is 22.3 Å². The van der Waals surface area contributed by atoms with Crippen molar-refractivity contribution >= 4 is 34.1 Å². The quantitative estimate of drug-likeness (QED) is 0.155. The van der Waals surface area contributed by atoms with E-state index in [4.69, 9.17) is 0 Å². The van der Waals surface area contributed by atoms with Gasteiger partial charge < -0.3 is 9.80 Å². The monoisotopic (exact) mass is 640 g/mol. The fourth-order valence-electron chi connectivity index (χ4n) is 6.59. The Morgan fingerprint density at radius 1 is 0.180 bits per heavy atom. The molecule has 0 N–H and O–H groups in total. The van der Waals surface area contributed by atoms with Crippen LogP contribution in [0.2, 0.25) is 0 Å². The highest BCUT2D eigenvalue weighted by Crippen LogP contribution is 2.40. The maximum Gasteiger partial charge on any atom is 0.0467 e. The van der Waals surface area contributed by atoms with E-state index in [-0.39, 0.29) is 0 Å². The molecule has 0 bridgehead atoms. The highest BCUT2D eigenvalue weighted by Gasteiger charge is 2.16. The predicted octanol–water partition coefficient (Wildman–Crippen LogP) is 13.6. The van der Waals surface area contributed by atoms with Crippen LogP contribution in [0.4, 0.5) is 34.1 Å². The molecule has 0 saturated carbocycles. The second-order valence-corrected chi connectivity index (χ2v) is 12.3. The molecule has 2 heteroatoms. The second-order valence-electron chi connectivity index (χ2n) is 12.3. The van der Waals surface area contributed by atoms with Crippen molar-refractivity contribution in [3.05, 3.63) is 218 Å². The molecule has 0 unspecified atom stereocenters. The second kappa shape index (κ2) is 14.2. The summed E-state index contributed by atoms with van der Waals surface area (Å²) in [6.45, 7) is 0. The largest absolute Gasteiger partial charge is 0.310 e. The molecule has 50 heavy (non-hydrogen) atoms. The number of hydrogen-bond acceptors (Lipinski definition) is 2. The highest BCUT2D eigenvalue weighted by atomic mass is 15.1. The molecule has 0 fully saturated rings. The summed E-state index contributed by atoms with van der Waals surface area (Å²) in [6, 6.07) is 77.6. The van der Waals surface area contributed by atoms with Crippen molar-refractivity contribution in [1.29, 1.82) is 0 Å². The van der Waals surface area contributed by atoms with Crippen LogP contribution >= 0.6 is 0 Å². The minimum atomic E-state index is 1.10. The Balaban J connectivity index is 1.15. The van der Waals surface area contributed by atoms with E-state index in [0.29, 0.717) is 0 Å². The third kappa shape index (κ3) is 6.56. The molecule has 0 radical (unpaired) electrons. The van der Waals surface area contributed by atoms with Gasteiger partial charge in [0.2, 0.25) is 0 Å². The predicted molar refractivity (Wildman–Crippen MR) is 212 cm³/mol. The van der Waals surface area contributed by atoms with Gasteiger partial charge in [0.15, 0.2) is 0 Å². The Morgan fingerprint density at radius 2 is 0.440 bits per heavy atom. The van der Waals surface area contributed by atoms with Crippen LogP contribution in [0.15, 0.2) is 218 Å². The zero-order valence-corrected chi connectivity index (χ0v) is 27.7. The van der Waals surface area contributed by atoms with Gasteiger partial charge in [0.1, 0.15) is 0 Å². The average Bonchev–Trinajstić information content (AvgIpc) is 3.20. The van der Waals surface area contributed by atoms with E-state index < -0.39 is 0 Å². The highest BCUT2D eigenvalue weighted by molar-refractivity contribution is 5.84. The van der Waals surface area contributed by atoms with Gasteiger partial charge in [-0.2, -0.15) is 0 Å². The Bertz CT molecular complexity index is 2300. The Hall–Kier alpha value is -6.64. The minimum Gasteiger partial charge on any atom is -0.310 e. The molecule has 0 heterocycles. The number of hydrogen-bond donors (Lipinski definition) is 0. The van der Waals surface area contributed by atoms with Crippen LogP contribution in [0, 0.1) is 0 Å². The molecular formula is C48H36N2. The summed E-state index contributed by atoms with van der Waals surface area (Å²) in [6.07, 6.45) is 0. The van der Waals surface area contributed by atoms with Crippen molar-refractivity contribution in [3.8, 4) is 33.4 Å². The van der Waals surface area contributed by atoms with Crippen molar-refractivity contribution < 1.29 is 0 Å². The summed E-state index contributed by atoms with van der Waals surface area (Å²) >= 11 is 0. The number of anilines is 6. The van der Waals surface area contributed by atoms with Gasteiger partial charge >= 0.3 is 0 Å². The average molecular weight is 641 g/mol. The van der Waals surface area contributed by atoms with E-state index in [1.807, 2.05) is 0 Å². The van der Waals surface area contributed by atoms with Crippen molar-refractivity contribution in [3.63, 3.8) is 0 Å². The zero-order chi connectivity index (χ0) is 33.5. The first-order valence-corrected chi connectivity index (χ1v) is 17.0. The van der Waals surface area contributed by atoms with Gasteiger partial charge in [-0.3, -0.25) is 0 Å². The number of benzene rings is 8. The van der Waals surface area contributed by atoms with Gasteiger partial charge in [-0.25, -0.2) is 0 Å². The smallest absolute Gasteiger partial charge is 0.0467 e. The lowest BCUT2D eigenvalue weighted by molar-refractivity contribution is 1.28. The molecule has 2 nitrogen and oxygen atoms in total. The molecule has 0 aromatic heterocycles. The summed E-state index contributed by atoms with van der Waals surface area (Å²) in [7, 11) is 0. The maximum absolute atomic E-state index is 2.33. The molecule has 0 amide bonds. The molecule has 0 aliphatic heterocycles. The summed E-state index contributed by atoms with van der Waals surface area (Å²) in [4.78, 5) is 4.66. The molecule has 0 atom stereocenters. The summed E-state index contributed by atoms with van der Waals surface area (Å²) in [5.74, 6) is 0. The van der Waals surface area contributed by atoms with Crippen LogP contribution in [-0.2, 0) is 0 Å². The van der Waals surface area contributed by atoms with Crippen molar-refractivity contribution in [2.45, 2.75) is 0 Å². The number of rotatable bonds is 9. The molecular weight excluding hydrogens is 605 g/mol. The first-order chi connectivity index (χ1) is 24.8. The van der Waals surface area contributed by atoms with E-state index in [9.17, 15) is 0 Å². The third-order valence-electron chi connectivity index (χ3n) is 9.01. The molecule has 8 rings (SSSR count). The van der Waals surface area contributed by atoms with Crippen LogP contribution in [-0.4, -0.2) is 0 Å². The summed E-state index contributed by atoms with van der Waals surface area (Å²) in [5.41, 5.74) is 13.8. The molecule has 238 valence electrons. The Labute approximate surface area is 294 Å². The van der Waals surface area contributed by atoms with E-state index in [1.54, 1.807) is 0 Å².